The van der Waals surface area contributed by atoms with Crippen LogP contribution in [0.5, 0.6) is 0 Å². The quantitative estimate of drug-likeness (QED) is 0.170. The monoisotopic (exact) mass is 534 g/mol. The average Bonchev–Trinajstić information content (AvgIpc) is 3.48. The Morgan fingerprint density at radius 3 is 1.10 bits per heavy atom. The molecule has 0 atom stereocenters. The molecule has 0 saturated heterocycles. The summed E-state index contributed by atoms with van der Waals surface area (Å²) in [6.45, 7) is 7.02. The normalized spacial score (nSPS) is 13.1. The predicted octanol–water partition coefficient (Wildman–Crippen LogP) is 12.4. The largest absolute Gasteiger partial charge is 1.00 e. The maximum atomic E-state index is 2.51. The minimum Gasteiger partial charge on any atom is -1.00 e. The lowest BCUT2D eigenvalue weighted by Gasteiger charge is -2.21. The first kappa shape index (κ1) is 22.7. The van der Waals surface area contributed by atoms with Crippen molar-refractivity contribution in [3.05, 3.63) is 121 Å². The second-order valence-corrected chi connectivity index (χ2v) is 13.4. The van der Waals surface area contributed by atoms with Crippen molar-refractivity contribution in [2.45, 2.75) is 26.2 Å². The van der Waals surface area contributed by atoms with E-state index < -0.39 is 0 Å². The van der Waals surface area contributed by atoms with Gasteiger partial charge >= 0.3 is 0 Å². The molecule has 0 nitrogen and oxygen atoms in total. The van der Waals surface area contributed by atoms with Crippen LogP contribution in [0, 0.1) is 0 Å². The van der Waals surface area contributed by atoms with Crippen molar-refractivity contribution < 1.29 is 1.43 Å². The zero-order valence-electron chi connectivity index (χ0n) is 25.0. The zero-order valence-corrected chi connectivity index (χ0v) is 24.0. The summed E-state index contributed by atoms with van der Waals surface area (Å²) in [7, 11) is 0. The molecule has 0 aliphatic carbocycles. The van der Waals surface area contributed by atoms with Crippen molar-refractivity contribution in [3.63, 3.8) is 0 Å². The van der Waals surface area contributed by atoms with Gasteiger partial charge in [0.1, 0.15) is 0 Å². The molecular weight excluding hydrogens is 504 g/mol. The second-order valence-electron chi connectivity index (χ2n) is 13.4. The highest BCUT2D eigenvalue weighted by Gasteiger charge is 2.23. The van der Waals surface area contributed by atoms with Crippen LogP contribution in [0.3, 0.4) is 0 Å². The molecule has 42 heavy (non-hydrogen) atoms. The maximum absolute atomic E-state index is 2.51. The summed E-state index contributed by atoms with van der Waals surface area (Å²) in [5, 5.41) is 24.4. The van der Waals surface area contributed by atoms with Crippen LogP contribution in [0.1, 0.15) is 27.8 Å². The third kappa shape index (κ3) is 2.78. The summed E-state index contributed by atoms with van der Waals surface area (Å²) >= 11 is 0. The van der Waals surface area contributed by atoms with E-state index in [1.807, 2.05) is 0 Å². The molecule has 0 aromatic heterocycles. The van der Waals surface area contributed by atoms with Crippen LogP contribution in [0.4, 0.5) is 0 Å². The van der Waals surface area contributed by atoms with E-state index in [1.165, 1.54) is 103 Å². The van der Waals surface area contributed by atoms with E-state index in [1.54, 1.807) is 0 Å². The molecule has 10 aromatic carbocycles. The fraction of sp³-hybridized carbons (Fsp3) is 0.0952. The molecule has 198 valence electrons. The van der Waals surface area contributed by atoms with Crippen LogP contribution >= 0.6 is 0 Å². The van der Waals surface area contributed by atoms with Crippen LogP contribution in [0.25, 0.3) is 97.0 Å². The van der Waals surface area contributed by atoms with E-state index in [0.29, 0.717) is 0 Å². The summed E-state index contributed by atoms with van der Waals surface area (Å²) in [6, 6.07) is 44.1. The second kappa shape index (κ2) is 7.46. The van der Waals surface area contributed by atoms with Gasteiger partial charge in [0, 0.05) is 0 Å². The average molecular weight is 535 g/mol. The Kier molecular flexibility index (Phi) is 4.04. The van der Waals surface area contributed by atoms with Crippen LogP contribution in [-0.4, -0.2) is 0 Å². The highest BCUT2D eigenvalue weighted by molar-refractivity contribution is 6.41. The van der Waals surface area contributed by atoms with Gasteiger partial charge in [-0.1, -0.05) is 87.5 Å². The molecule has 0 aliphatic heterocycles. The van der Waals surface area contributed by atoms with Crippen LogP contribution in [-0.2, 0) is 5.41 Å². The number of hydrogen-bond donors (Lipinski definition) is 0. The molecule has 0 aliphatic rings. The standard InChI is InChI=1S/C42H28.H/c1-42(2,3)27-19-36-32-17-25-11-6-7-12-26(25)18-33(32)39-21-34-29-14-8-13-28-30-15-23-9-4-5-10-24(23)16-31(30)38(40(28)29)22-35(34)37(20-27)41(36)39;/h4-22H,1-3H3;/q;-1/i;1+1. The van der Waals surface area contributed by atoms with Crippen molar-refractivity contribution in [2.24, 2.45) is 0 Å². The van der Waals surface area contributed by atoms with E-state index in [4.69, 9.17) is 0 Å². The zero-order chi connectivity index (χ0) is 27.9. The molecular formula is C42H29-. The van der Waals surface area contributed by atoms with E-state index in [2.05, 4.69) is 136 Å². The Hall–Kier alpha value is -4.94. The molecule has 0 bridgehead atoms. The summed E-state index contributed by atoms with van der Waals surface area (Å²) in [5.41, 5.74) is 1.43. The third-order valence-corrected chi connectivity index (χ3v) is 9.99. The molecule has 0 N–H and O–H groups in total. The first-order chi connectivity index (χ1) is 20.4. The van der Waals surface area contributed by atoms with Gasteiger partial charge in [0.05, 0.1) is 0 Å². The van der Waals surface area contributed by atoms with Crippen LogP contribution in [0.2, 0.25) is 0 Å². The molecule has 0 amide bonds. The molecule has 0 radical (unpaired) electrons. The number of benzene rings is 8. The van der Waals surface area contributed by atoms with E-state index >= 15 is 0 Å². The first-order valence-corrected chi connectivity index (χ1v) is 15.0. The predicted molar refractivity (Wildman–Crippen MR) is 186 cm³/mol. The van der Waals surface area contributed by atoms with Gasteiger partial charge in [0.25, 0.3) is 0 Å². The van der Waals surface area contributed by atoms with Crippen molar-refractivity contribution >= 4 is 97.0 Å². The lowest BCUT2D eigenvalue weighted by molar-refractivity contribution is 0.592. The molecule has 0 heterocycles. The number of hydrogen-bond acceptors (Lipinski definition) is 0. The first-order valence-electron chi connectivity index (χ1n) is 15.0. The van der Waals surface area contributed by atoms with Gasteiger partial charge in [-0.3, -0.25) is 0 Å². The van der Waals surface area contributed by atoms with Crippen molar-refractivity contribution in [1.29, 1.82) is 0 Å². The SMILES string of the molecule is CC(C)(C)c1cc2c3cc4ccccc4cc3c3cc4c(cc5c6cc7ccccc7cc6c6cccc4c65)c(c1)c23.[2H-]. The highest BCUT2D eigenvalue weighted by atomic mass is 14.3. The molecule has 10 aromatic rings. The summed E-state index contributed by atoms with van der Waals surface area (Å²) in [6.07, 6.45) is 0. The summed E-state index contributed by atoms with van der Waals surface area (Å²) in [5.74, 6) is 0. The Balaban J connectivity index is 0.00000260. The minimum absolute atomic E-state index is 0. The highest BCUT2D eigenvalue weighted by Crippen LogP contribution is 2.49. The van der Waals surface area contributed by atoms with E-state index in [0.717, 1.165) is 0 Å². The Morgan fingerprint density at radius 2 is 0.667 bits per heavy atom. The van der Waals surface area contributed by atoms with Crippen LogP contribution in [0.15, 0.2) is 115 Å². The van der Waals surface area contributed by atoms with E-state index in [9.17, 15) is 0 Å². The lowest BCUT2D eigenvalue weighted by atomic mass is 9.83. The van der Waals surface area contributed by atoms with Crippen molar-refractivity contribution in [2.75, 3.05) is 0 Å². The Bertz CT molecular complexity index is 2760. The lowest BCUT2D eigenvalue weighted by Crippen LogP contribution is -2.10. The smallest absolute Gasteiger partial charge is 0.00197 e. The van der Waals surface area contributed by atoms with Crippen LogP contribution < -0.4 is 0 Å². The molecule has 0 unspecified atom stereocenters. The molecule has 0 saturated carbocycles. The number of fused-ring (bicyclic) bond motifs is 11. The third-order valence-electron chi connectivity index (χ3n) is 9.99. The van der Waals surface area contributed by atoms with E-state index in [-0.39, 0.29) is 6.84 Å². The minimum atomic E-state index is 0. The fourth-order valence-corrected chi connectivity index (χ4v) is 7.91. The molecule has 0 heteroatoms. The summed E-state index contributed by atoms with van der Waals surface area (Å²) < 4.78 is 0. The van der Waals surface area contributed by atoms with Gasteiger partial charge in [0.2, 0.25) is 0 Å². The Labute approximate surface area is 244 Å². The molecule has 0 spiro atoms. The van der Waals surface area contributed by atoms with Crippen molar-refractivity contribution in [1.82, 2.24) is 0 Å². The molecule has 10 rings (SSSR count). The maximum Gasteiger partial charge on any atom is -0.00197 e. The summed E-state index contributed by atoms with van der Waals surface area (Å²) in [4.78, 5) is 0. The molecule has 0 fully saturated rings. The topological polar surface area (TPSA) is 0 Å². The van der Waals surface area contributed by atoms with Gasteiger partial charge in [-0.2, -0.15) is 0 Å². The Morgan fingerprint density at radius 1 is 0.333 bits per heavy atom. The van der Waals surface area contributed by atoms with Crippen molar-refractivity contribution in [3.8, 4) is 0 Å². The number of rotatable bonds is 0. The fourth-order valence-electron chi connectivity index (χ4n) is 7.91. The van der Waals surface area contributed by atoms with Gasteiger partial charge in [0.15, 0.2) is 0 Å². The van der Waals surface area contributed by atoms with Gasteiger partial charge in [-0.15, -0.1) is 0 Å². The van der Waals surface area contributed by atoms with Gasteiger partial charge in [-0.05, 0) is 156 Å². The van der Waals surface area contributed by atoms with Gasteiger partial charge < -0.3 is 1.43 Å². The van der Waals surface area contributed by atoms with Gasteiger partial charge in [-0.25, -0.2) is 0 Å².